The number of carbonyl (C=O) groups is 1. The van der Waals surface area contributed by atoms with Crippen LogP contribution in [0, 0.1) is 12.7 Å². The summed E-state index contributed by atoms with van der Waals surface area (Å²) < 4.78 is 19.1. The Bertz CT molecular complexity index is 1100. The van der Waals surface area contributed by atoms with Gasteiger partial charge in [-0.05, 0) is 66.6 Å². The number of hydrogen-bond donors (Lipinski definition) is 2. The number of nitrogens with zero attached hydrogens (tertiary/aromatic N) is 1. The van der Waals surface area contributed by atoms with E-state index in [1.807, 2.05) is 6.92 Å². The molecular weight excluding hydrogens is 363 g/mol. The summed E-state index contributed by atoms with van der Waals surface area (Å²) in [5.74, 6) is -1.21. The molecule has 4 nitrogen and oxygen atoms in total. The summed E-state index contributed by atoms with van der Waals surface area (Å²) in [4.78, 5) is 12.6. The van der Waals surface area contributed by atoms with Gasteiger partial charge in [0.2, 0.25) is 0 Å². The molecule has 2 heterocycles. The first-order valence-corrected chi connectivity index (χ1v) is 10.1. The van der Waals surface area contributed by atoms with Gasteiger partial charge < -0.3 is 9.67 Å². The average Bonchev–Trinajstić information content (AvgIpc) is 3.15. The number of aromatic nitrogens is 1. The molecule has 1 aliphatic heterocycles. The smallest absolute Gasteiger partial charge is 0.323 e. The molecule has 27 heavy (non-hydrogen) atoms. The number of carboxylic acid groups (broad SMARTS) is 1. The normalized spacial score (nSPS) is 16.2. The van der Waals surface area contributed by atoms with Gasteiger partial charge in [-0.1, -0.05) is 22.8 Å². The van der Waals surface area contributed by atoms with Crippen LogP contribution in [0.5, 0.6) is 0 Å². The molecule has 2 aromatic carbocycles. The Morgan fingerprint density at radius 1 is 1.33 bits per heavy atom. The monoisotopic (exact) mass is 384 g/mol. The molecule has 0 saturated heterocycles. The third kappa shape index (κ3) is 3.19. The Balaban J connectivity index is 1.79. The number of nitrogens with one attached hydrogen (secondary N) is 1. The molecule has 4 rings (SSSR count). The maximum atomic E-state index is 13.9. The van der Waals surface area contributed by atoms with Crippen molar-refractivity contribution in [2.45, 2.75) is 38.3 Å². The predicted molar refractivity (Wildman–Crippen MR) is 108 cm³/mol. The fraction of sp³-hybridized carbons (Fsp3) is 0.238. The second-order valence-electron chi connectivity index (χ2n) is 6.72. The van der Waals surface area contributed by atoms with Gasteiger partial charge in [0.1, 0.15) is 12.4 Å². The molecule has 3 aromatic rings. The van der Waals surface area contributed by atoms with E-state index in [4.69, 9.17) is 0 Å². The van der Waals surface area contributed by atoms with Gasteiger partial charge in [-0.3, -0.25) is 9.52 Å². The lowest BCUT2D eigenvalue weighted by atomic mass is 10.0. The average molecular weight is 384 g/mol. The molecule has 0 radical (unpaired) electrons. The summed E-state index contributed by atoms with van der Waals surface area (Å²) >= 11 is 0. The lowest BCUT2D eigenvalue weighted by Gasteiger charge is -2.07. The standard InChI is InChI=1S/C21H21FN2O2S/c1-3-27-20-7-4-14(8-15(20)11-23-27)9-17-13(2)24(12-21(25)26)19-6-5-16(22)10-18(17)19/h3-8,10,23H,9,11-12H2,1-2H3,(H,25,26). The third-order valence-electron chi connectivity index (χ3n) is 5.11. The molecule has 0 spiro atoms. The van der Waals surface area contributed by atoms with Crippen LogP contribution in [0.25, 0.3) is 10.9 Å². The van der Waals surface area contributed by atoms with Crippen molar-refractivity contribution in [3.63, 3.8) is 0 Å². The summed E-state index contributed by atoms with van der Waals surface area (Å²) in [7, 11) is 0.00975. The zero-order valence-corrected chi connectivity index (χ0v) is 16.1. The number of hydrogen-bond acceptors (Lipinski definition) is 2. The lowest BCUT2D eigenvalue weighted by Crippen LogP contribution is -2.10. The molecule has 1 aliphatic rings. The van der Waals surface area contributed by atoms with Gasteiger partial charge in [0.05, 0.1) is 0 Å². The minimum absolute atomic E-state index is 0.00975. The molecule has 1 atom stereocenters. The van der Waals surface area contributed by atoms with Gasteiger partial charge >= 0.3 is 5.97 Å². The zero-order chi connectivity index (χ0) is 19.1. The quantitative estimate of drug-likeness (QED) is 0.662. The number of benzene rings is 2. The Kier molecular flexibility index (Phi) is 4.61. The highest BCUT2D eigenvalue weighted by atomic mass is 32.2. The molecule has 0 aliphatic carbocycles. The molecule has 0 saturated carbocycles. The Morgan fingerprint density at radius 3 is 2.89 bits per heavy atom. The first-order valence-electron chi connectivity index (χ1n) is 8.85. The molecular formula is C21H21FN2O2S. The van der Waals surface area contributed by atoms with Crippen molar-refractivity contribution < 1.29 is 14.3 Å². The SMILES string of the molecule is C/C=S1/NCc2cc(Cc3c(C)n(CC(=O)O)c4ccc(F)cc34)ccc21. The van der Waals surface area contributed by atoms with Crippen molar-refractivity contribution in [3.8, 4) is 0 Å². The molecule has 140 valence electrons. The van der Waals surface area contributed by atoms with E-state index in [2.05, 4.69) is 35.2 Å². The van der Waals surface area contributed by atoms with E-state index in [9.17, 15) is 14.3 Å². The molecule has 6 heteroatoms. The van der Waals surface area contributed by atoms with Crippen LogP contribution in [0.15, 0.2) is 41.3 Å². The number of fused-ring (bicyclic) bond motifs is 2. The first kappa shape index (κ1) is 17.9. The Morgan fingerprint density at radius 2 is 2.15 bits per heavy atom. The second-order valence-corrected chi connectivity index (χ2v) is 8.59. The van der Waals surface area contributed by atoms with Crippen molar-refractivity contribution in [1.82, 2.24) is 9.29 Å². The van der Waals surface area contributed by atoms with E-state index >= 15 is 0 Å². The van der Waals surface area contributed by atoms with Crippen LogP contribution in [0.1, 0.15) is 29.3 Å². The Hall–Kier alpha value is -2.44. The van der Waals surface area contributed by atoms with Crippen molar-refractivity contribution >= 4 is 32.9 Å². The Labute approximate surface area is 159 Å². The van der Waals surface area contributed by atoms with E-state index in [0.29, 0.717) is 6.42 Å². The van der Waals surface area contributed by atoms with Gasteiger partial charge in [0, 0.05) is 28.0 Å². The van der Waals surface area contributed by atoms with E-state index in [-0.39, 0.29) is 23.0 Å². The number of halogens is 1. The van der Waals surface area contributed by atoms with Crippen LogP contribution in [0.3, 0.4) is 0 Å². The fourth-order valence-electron chi connectivity index (χ4n) is 3.83. The van der Waals surface area contributed by atoms with Gasteiger partial charge in [-0.15, -0.1) is 0 Å². The number of rotatable bonds is 4. The summed E-state index contributed by atoms with van der Waals surface area (Å²) in [6, 6.07) is 11.0. The van der Waals surface area contributed by atoms with Crippen LogP contribution < -0.4 is 4.72 Å². The number of carboxylic acids is 1. The van der Waals surface area contributed by atoms with Gasteiger partial charge in [0.25, 0.3) is 0 Å². The molecule has 0 fully saturated rings. The molecule has 0 amide bonds. The third-order valence-corrected chi connectivity index (χ3v) is 6.90. The van der Waals surface area contributed by atoms with Gasteiger partial charge in [-0.25, -0.2) is 4.39 Å². The van der Waals surface area contributed by atoms with Gasteiger partial charge in [0.15, 0.2) is 0 Å². The first-order chi connectivity index (χ1) is 13.0. The maximum Gasteiger partial charge on any atom is 0.323 e. The van der Waals surface area contributed by atoms with Crippen LogP contribution in [0.2, 0.25) is 0 Å². The minimum atomic E-state index is -0.905. The van der Waals surface area contributed by atoms with Crippen molar-refractivity contribution in [1.29, 1.82) is 0 Å². The topological polar surface area (TPSA) is 54.3 Å². The molecule has 0 bridgehead atoms. The maximum absolute atomic E-state index is 13.9. The highest BCUT2D eigenvalue weighted by Crippen LogP contribution is 2.35. The molecule has 1 aromatic heterocycles. The fourth-order valence-corrected chi connectivity index (χ4v) is 5.34. The summed E-state index contributed by atoms with van der Waals surface area (Å²) in [6.07, 6.45) is 0.648. The van der Waals surface area contributed by atoms with Crippen LogP contribution in [0.4, 0.5) is 4.39 Å². The lowest BCUT2D eigenvalue weighted by molar-refractivity contribution is -0.137. The molecule has 2 N–H and O–H groups in total. The predicted octanol–water partition coefficient (Wildman–Crippen LogP) is 4.23. The van der Waals surface area contributed by atoms with Crippen molar-refractivity contribution in [2.75, 3.05) is 0 Å². The summed E-state index contributed by atoms with van der Waals surface area (Å²) in [6.45, 7) is 4.70. The van der Waals surface area contributed by atoms with Gasteiger partial charge in [-0.2, -0.15) is 0 Å². The van der Waals surface area contributed by atoms with E-state index in [1.54, 1.807) is 10.6 Å². The van der Waals surface area contributed by atoms with Crippen LogP contribution in [-0.2, 0) is 24.3 Å². The largest absolute Gasteiger partial charge is 0.480 e. The van der Waals surface area contributed by atoms with E-state index in [1.165, 1.54) is 22.6 Å². The van der Waals surface area contributed by atoms with Crippen LogP contribution >= 0.6 is 10.7 Å². The van der Waals surface area contributed by atoms with Crippen molar-refractivity contribution in [3.05, 3.63) is 64.6 Å². The molecule has 1 unspecified atom stereocenters. The second kappa shape index (κ2) is 6.94. The summed E-state index contributed by atoms with van der Waals surface area (Å²) in [5.41, 5.74) is 5.07. The van der Waals surface area contributed by atoms with E-state index < -0.39 is 5.97 Å². The summed E-state index contributed by atoms with van der Waals surface area (Å²) in [5, 5.41) is 12.2. The highest BCUT2D eigenvalue weighted by Gasteiger charge is 2.19. The van der Waals surface area contributed by atoms with E-state index in [0.717, 1.165) is 34.3 Å². The van der Waals surface area contributed by atoms with Crippen molar-refractivity contribution in [2.24, 2.45) is 0 Å². The zero-order valence-electron chi connectivity index (χ0n) is 15.3. The number of aliphatic carboxylic acids is 1. The minimum Gasteiger partial charge on any atom is -0.480 e. The highest BCUT2D eigenvalue weighted by molar-refractivity contribution is 8.13. The van der Waals surface area contributed by atoms with Crippen LogP contribution in [-0.4, -0.2) is 21.0 Å².